The number of likely N-dealkylation sites (tertiary alicyclic amines) is 1. The number of piperidine rings is 1. The number of nitrogens with zero attached hydrogens (tertiary/aromatic N) is 2. The quantitative estimate of drug-likeness (QED) is 0.800. The Hall–Kier alpha value is -1.16. The van der Waals surface area contributed by atoms with Crippen molar-refractivity contribution < 1.29 is 4.39 Å². The highest BCUT2D eigenvalue weighted by Crippen LogP contribution is 2.18. The predicted octanol–water partition coefficient (Wildman–Crippen LogP) is 3.29. The predicted molar refractivity (Wildman–Crippen MR) is 76.8 cm³/mol. The zero-order chi connectivity index (χ0) is 13.5. The van der Waals surface area contributed by atoms with Crippen LogP contribution in [0.4, 0.5) is 10.2 Å². The lowest BCUT2D eigenvalue weighted by Crippen LogP contribution is -2.44. The van der Waals surface area contributed by atoms with E-state index in [9.17, 15) is 4.39 Å². The van der Waals surface area contributed by atoms with Gasteiger partial charge in [0, 0.05) is 12.6 Å². The third-order valence-corrected chi connectivity index (χ3v) is 3.78. The lowest BCUT2D eigenvalue weighted by molar-refractivity contribution is 0.154. The molecule has 1 aromatic heterocycles. The second-order valence-corrected chi connectivity index (χ2v) is 5.27. The minimum atomic E-state index is -0.420. The molecule has 2 rings (SSSR count). The fourth-order valence-corrected chi connectivity index (χ4v) is 2.68. The average molecular weight is 265 g/mol. The van der Waals surface area contributed by atoms with Gasteiger partial charge in [0.2, 0.25) is 5.95 Å². The standard InChI is InChI=1S/C15H24FN3/c1-2-3-10-19-11-5-4-7-13(19)12-17-15-9-6-8-14(16)18-15/h6,8-9,13H,2-5,7,10-12H2,1H3,(H,17,18). The SMILES string of the molecule is CCCCN1CCCCC1CNc1cccc(F)n1. The van der Waals surface area contributed by atoms with Gasteiger partial charge < -0.3 is 5.32 Å². The van der Waals surface area contributed by atoms with Crippen molar-refractivity contribution in [1.29, 1.82) is 0 Å². The summed E-state index contributed by atoms with van der Waals surface area (Å²) < 4.78 is 13.0. The Morgan fingerprint density at radius 2 is 2.32 bits per heavy atom. The summed E-state index contributed by atoms with van der Waals surface area (Å²) in [5, 5.41) is 3.27. The number of unbranched alkanes of at least 4 members (excludes halogenated alkanes) is 1. The van der Waals surface area contributed by atoms with Crippen molar-refractivity contribution in [3.05, 3.63) is 24.1 Å². The zero-order valence-corrected chi connectivity index (χ0v) is 11.7. The molecule has 106 valence electrons. The Morgan fingerprint density at radius 3 is 3.11 bits per heavy atom. The zero-order valence-electron chi connectivity index (χ0n) is 11.7. The third kappa shape index (κ3) is 4.46. The van der Waals surface area contributed by atoms with Crippen LogP contribution in [0.25, 0.3) is 0 Å². The van der Waals surface area contributed by atoms with E-state index in [1.165, 1.54) is 51.3 Å². The van der Waals surface area contributed by atoms with E-state index >= 15 is 0 Å². The molecule has 3 nitrogen and oxygen atoms in total. The molecule has 19 heavy (non-hydrogen) atoms. The van der Waals surface area contributed by atoms with Gasteiger partial charge in [-0.25, -0.2) is 4.98 Å². The molecular formula is C15H24FN3. The molecule has 0 aliphatic carbocycles. The lowest BCUT2D eigenvalue weighted by Gasteiger charge is -2.35. The fourth-order valence-electron chi connectivity index (χ4n) is 2.68. The van der Waals surface area contributed by atoms with E-state index in [1.54, 1.807) is 6.07 Å². The molecule has 2 heterocycles. The van der Waals surface area contributed by atoms with Gasteiger partial charge in [-0.1, -0.05) is 25.8 Å². The molecule has 0 aromatic carbocycles. The van der Waals surface area contributed by atoms with Crippen molar-refractivity contribution in [3.8, 4) is 0 Å². The Labute approximate surface area is 115 Å². The van der Waals surface area contributed by atoms with Gasteiger partial charge in [0.25, 0.3) is 0 Å². The van der Waals surface area contributed by atoms with Crippen molar-refractivity contribution in [2.75, 3.05) is 25.0 Å². The molecular weight excluding hydrogens is 241 g/mol. The Morgan fingerprint density at radius 1 is 1.42 bits per heavy atom. The summed E-state index contributed by atoms with van der Waals surface area (Å²) in [5.74, 6) is 0.220. The van der Waals surface area contributed by atoms with E-state index in [4.69, 9.17) is 0 Å². The number of hydrogen-bond donors (Lipinski definition) is 1. The number of rotatable bonds is 6. The number of pyridine rings is 1. The van der Waals surface area contributed by atoms with Gasteiger partial charge in [-0.15, -0.1) is 0 Å². The van der Waals surface area contributed by atoms with E-state index in [2.05, 4.69) is 22.1 Å². The van der Waals surface area contributed by atoms with E-state index in [1.807, 2.05) is 6.07 Å². The lowest BCUT2D eigenvalue weighted by atomic mass is 10.0. The summed E-state index contributed by atoms with van der Waals surface area (Å²) in [6.45, 7) is 5.47. The first-order valence-corrected chi connectivity index (χ1v) is 7.40. The van der Waals surface area contributed by atoms with E-state index in [0.717, 1.165) is 6.54 Å². The first-order chi connectivity index (χ1) is 9.29. The highest BCUT2D eigenvalue weighted by atomic mass is 19.1. The third-order valence-electron chi connectivity index (χ3n) is 3.78. The van der Waals surface area contributed by atoms with E-state index in [0.29, 0.717) is 11.9 Å². The van der Waals surface area contributed by atoms with Crippen molar-refractivity contribution in [2.24, 2.45) is 0 Å². The van der Waals surface area contributed by atoms with Crippen LogP contribution in [0.15, 0.2) is 18.2 Å². The maximum Gasteiger partial charge on any atom is 0.214 e. The maximum atomic E-state index is 13.0. The van der Waals surface area contributed by atoms with Gasteiger partial charge in [-0.05, 0) is 44.5 Å². The summed E-state index contributed by atoms with van der Waals surface area (Å²) in [6.07, 6.45) is 6.33. The molecule has 0 saturated carbocycles. The molecule has 0 spiro atoms. The van der Waals surface area contributed by atoms with Crippen molar-refractivity contribution in [2.45, 2.75) is 45.1 Å². The minimum absolute atomic E-state index is 0.420. The van der Waals surface area contributed by atoms with Gasteiger partial charge in [0.15, 0.2) is 0 Å². The van der Waals surface area contributed by atoms with Crippen LogP contribution in [0, 0.1) is 5.95 Å². The molecule has 4 heteroatoms. The van der Waals surface area contributed by atoms with Crippen LogP contribution in [0.2, 0.25) is 0 Å². The van der Waals surface area contributed by atoms with Crippen LogP contribution in [0.1, 0.15) is 39.0 Å². The fraction of sp³-hybridized carbons (Fsp3) is 0.667. The number of halogens is 1. The molecule has 0 radical (unpaired) electrons. The van der Waals surface area contributed by atoms with Crippen LogP contribution >= 0.6 is 0 Å². The Kier molecular flexibility index (Phi) is 5.58. The molecule has 1 aliphatic heterocycles. The summed E-state index contributed by atoms with van der Waals surface area (Å²) in [7, 11) is 0. The molecule has 0 bridgehead atoms. The first kappa shape index (κ1) is 14.3. The van der Waals surface area contributed by atoms with E-state index < -0.39 is 5.95 Å². The number of anilines is 1. The molecule has 1 saturated heterocycles. The minimum Gasteiger partial charge on any atom is -0.368 e. The number of aromatic nitrogens is 1. The van der Waals surface area contributed by atoms with Crippen LogP contribution < -0.4 is 5.32 Å². The largest absolute Gasteiger partial charge is 0.368 e. The Balaban J connectivity index is 1.85. The summed E-state index contributed by atoms with van der Waals surface area (Å²) >= 11 is 0. The molecule has 1 aromatic rings. The van der Waals surface area contributed by atoms with Crippen LogP contribution in [-0.4, -0.2) is 35.6 Å². The van der Waals surface area contributed by atoms with Gasteiger partial charge in [-0.3, -0.25) is 4.90 Å². The second kappa shape index (κ2) is 7.43. The van der Waals surface area contributed by atoms with Gasteiger partial charge in [0.1, 0.15) is 5.82 Å². The normalized spacial score (nSPS) is 20.4. The second-order valence-electron chi connectivity index (χ2n) is 5.27. The van der Waals surface area contributed by atoms with Gasteiger partial charge in [-0.2, -0.15) is 4.39 Å². The smallest absolute Gasteiger partial charge is 0.214 e. The summed E-state index contributed by atoms with van der Waals surface area (Å²) in [6, 6.07) is 5.45. The van der Waals surface area contributed by atoms with Gasteiger partial charge in [0.05, 0.1) is 0 Å². The molecule has 1 atom stereocenters. The average Bonchev–Trinajstić information content (AvgIpc) is 2.44. The maximum absolute atomic E-state index is 13.0. The van der Waals surface area contributed by atoms with Crippen molar-refractivity contribution in [1.82, 2.24) is 9.88 Å². The van der Waals surface area contributed by atoms with Gasteiger partial charge >= 0.3 is 0 Å². The first-order valence-electron chi connectivity index (χ1n) is 7.40. The van der Waals surface area contributed by atoms with Crippen LogP contribution in [0.5, 0.6) is 0 Å². The molecule has 1 N–H and O–H groups in total. The monoisotopic (exact) mass is 265 g/mol. The van der Waals surface area contributed by atoms with Crippen LogP contribution in [-0.2, 0) is 0 Å². The van der Waals surface area contributed by atoms with Crippen molar-refractivity contribution in [3.63, 3.8) is 0 Å². The van der Waals surface area contributed by atoms with Crippen LogP contribution in [0.3, 0.4) is 0 Å². The number of hydrogen-bond acceptors (Lipinski definition) is 3. The molecule has 1 unspecified atom stereocenters. The summed E-state index contributed by atoms with van der Waals surface area (Å²) in [4.78, 5) is 6.42. The summed E-state index contributed by atoms with van der Waals surface area (Å²) in [5.41, 5.74) is 0. The van der Waals surface area contributed by atoms with Crippen molar-refractivity contribution >= 4 is 5.82 Å². The molecule has 1 aliphatic rings. The van der Waals surface area contributed by atoms with E-state index in [-0.39, 0.29) is 0 Å². The number of nitrogens with one attached hydrogen (secondary N) is 1. The topological polar surface area (TPSA) is 28.2 Å². The highest BCUT2D eigenvalue weighted by Gasteiger charge is 2.21. The Bertz CT molecular complexity index is 383. The molecule has 1 fully saturated rings. The molecule has 0 amide bonds. The highest BCUT2D eigenvalue weighted by molar-refractivity contribution is 5.33.